The van der Waals surface area contributed by atoms with Crippen molar-refractivity contribution in [2.45, 2.75) is 56.6 Å². The van der Waals surface area contributed by atoms with E-state index in [1.165, 1.54) is 19.2 Å². The maximum Gasteiger partial charge on any atom is 0.271 e. The zero-order chi connectivity index (χ0) is 23.7. The van der Waals surface area contributed by atoms with Crippen LogP contribution in [0.1, 0.15) is 55.4 Å². The van der Waals surface area contributed by atoms with Gasteiger partial charge in [0.25, 0.3) is 5.91 Å². The average Bonchev–Trinajstić information content (AvgIpc) is 3.33. The number of H-pyrrole nitrogens is 1. The van der Waals surface area contributed by atoms with Gasteiger partial charge in [-0.25, -0.2) is 9.37 Å². The number of amides is 2. The lowest BCUT2D eigenvalue weighted by Crippen LogP contribution is -2.51. The highest BCUT2D eigenvalue weighted by Gasteiger charge is 2.42. The van der Waals surface area contributed by atoms with Gasteiger partial charge in [-0.15, -0.1) is 0 Å². The van der Waals surface area contributed by atoms with Gasteiger partial charge in [0.15, 0.2) is 5.82 Å². The summed E-state index contributed by atoms with van der Waals surface area (Å²) in [7, 11) is 1.45. The molecule has 2 saturated heterocycles. The number of piperidine rings is 1. The predicted molar refractivity (Wildman–Crippen MR) is 121 cm³/mol. The Labute approximate surface area is 197 Å². The summed E-state index contributed by atoms with van der Waals surface area (Å²) in [6.07, 6.45) is 7.42. The summed E-state index contributed by atoms with van der Waals surface area (Å²) in [4.78, 5) is 31.3. The van der Waals surface area contributed by atoms with Crippen LogP contribution in [0.4, 0.5) is 4.39 Å². The molecule has 34 heavy (non-hydrogen) atoms. The fourth-order valence-electron chi connectivity index (χ4n) is 5.20. The van der Waals surface area contributed by atoms with Crippen molar-refractivity contribution in [3.63, 3.8) is 0 Å². The number of methoxy groups -OCH3 is 1. The molecule has 3 aliphatic rings. The molecule has 3 fully saturated rings. The van der Waals surface area contributed by atoms with Crippen molar-refractivity contribution < 1.29 is 23.5 Å². The van der Waals surface area contributed by atoms with Crippen molar-refractivity contribution in [1.82, 2.24) is 25.4 Å². The van der Waals surface area contributed by atoms with E-state index in [9.17, 15) is 14.0 Å². The Morgan fingerprint density at radius 1 is 1.21 bits per heavy atom. The Morgan fingerprint density at radius 3 is 2.59 bits per heavy atom. The molecule has 4 heterocycles. The van der Waals surface area contributed by atoms with Crippen LogP contribution in [0.25, 0.3) is 11.3 Å². The maximum absolute atomic E-state index is 14.2. The summed E-state index contributed by atoms with van der Waals surface area (Å²) >= 11 is 0. The third-order valence-electron chi connectivity index (χ3n) is 7.49. The lowest BCUT2D eigenvalue weighted by molar-refractivity contribution is -0.168. The Kier molecular flexibility index (Phi) is 6.24. The molecular weight excluding hydrogens is 441 g/mol. The summed E-state index contributed by atoms with van der Waals surface area (Å²) in [6.45, 7) is 1.85. The second kappa shape index (κ2) is 9.32. The Hall–Kier alpha value is -3.01. The number of hydrogen-bond donors (Lipinski definition) is 2. The minimum atomic E-state index is -0.550. The molecule has 0 radical (unpaired) electrons. The zero-order valence-corrected chi connectivity index (χ0v) is 19.3. The summed E-state index contributed by atoms with van der Waals surface area (Å²) < 4.78 is 25.0. The summed E-state index contributed by atoms with van der Waals surface area (Å²) in [5.41, 5.74) is 0.879. The van der Waals surface area contributed by atoms with Crippen LogP contribution in [-0.2, 0) is 9.53 Å². The van der Waals surface area contributed by atoms with E-state index < -0.39 is 5.82 Å². The first-order valence-corrected chi connectivity index (χ1v) is 12.0. The monoisotopic (exact) mass is 471 g/mol. The van der Waals surface area contributed by atoms with Crippen LogP contribution in [0.2, 0.25) is 0 Å². The van der Waals surface area contributed by atoms with Gasteiger partial charge in [0, 0.05) is 36.7 Å². The molecule has 2 N–H and O–H groups in total. The molecule has 2 amide bonds. The second-order valence-corrected chi connectivity index (χ2v) is 9.50. The van der Waals surface area contributed by atoms with Crippen molar-refractivity contribution >= 4 is 11.8 Å². The van der Waals surface area contributed by atoms with Gasteiger partial charge in [-0.2, -0.15) is 5.10 Å². The van der Waals surface area contributed by atoms with E-state index in [4.69, 9.17) is 9.47 Å². The fraction of sp³-hybridized carbons (Fsp3) is 0.583. The molecule has 2 aromatic rings. The number of pyridine rings is 1. The molecule has 9 nitrogen and oxygen atoms in total. The molecule has 5 rings (SSSR count). The molecule has 182 valence electrons. The van der Waals surface area contributed by atoms with Crippen molar-refractivity contribution in [2.24, 2.45) is 5.92 Å². The number of rotatable bonds is 5. The molecule has 0 atom stereocenters. The van der Waals surface area contributed by atoms with Crippen molar-refractivity contribution in [1.29, 1.82) is 0 Å². The van der Waals surface area contributed by atoms with Crippen LogP contribution < -0.4 is 10.1 Å². The first-order valence-electron chi connectivity index (χ1n) is 12.0. The van der Waals surface area contributed by atoms with E-state index in [1.807, 2.05) is 0 Å². The number of carbonyl (C=O) groups excluding carboxylic acids is 2. The number of nitrogens with zero attached hydrogens (tertiary/aromatic N) is 3. The lowest BCUT2D eigenvalue weighted by Gasteiger charge is -2.46. The van der Waals surface area contributed by atoms with E-state index in [0.717, 1.165) is 44.9 Å². The van der Waals surface area contributed by atoms with Gasteiger partial charge in [-0.3, -0.25) is 14.7 Å². The van der Waals surface area contributed by atoms with Crippen LogP contribution in [0.3, 0.4) is 0 Å². The molecule has 1 spiro atoms. The number of hydrogen-bond acceptors (Lipinski definition) is 6. The highest BCUT2D eigenvalue weighted by atomic mass is 19.1. The van der Waals surface area contributed by atoms with Gasteiger partial charge < -0.3 is 19.7 Å². The summed E-state index contributed by atoms with van der Waals surface area (Å²) in [5, 5.41) is 10.0. The number of aromatic amines is 1. The van der Waals surface area contributed by atoms with Crippen LogP contribution in [-0.4, -0.2) is 70.3 Å². The minimum Gasteiger partial charge on any atom is -0.481 e. The molecule has 2 aliphatic heterocycles. The van der Waals surface area contributed by atoms with Crippen LogP contribution >= 0.6 is 0 Å². The lowest BCUT2D eigenvalue weighted by atomic mass is 9.77. The second-order valence-electron chi connectivity index (χ2n) is 9.50. The van der Waals surface area contributed by atoms with Crippen molar-refractivity contribution in [3.8, 4) is 17.1 Å². The highest BCUT2D eigenvalue weighted by Crippen LogP contribution is 2.40. The van der Waals surface area contributed by atoms with Crippen LogP contribution in [0.15, 0.2) is 18.3 Å². The van der Waals surface area contributed by atoms with Gasteiger partial charge in [0.2, 0.25) is 11.8 Å². The molecule has 1 saturated carbocycles. The molecule has 1 aliphatic carbocycles. The number of likely N-dealkylation sites (tertiary alicyclic amines) is 1. The van der Waals surface area contributed by atoms with E-state index in [2.05, 4.69) is 20.5 Å². The summed E-state index contributed by atoms with van der Waals surface area (Å²) in [5.74, 6) is -0.496. The van der Waals surface area contributed by atoms with Gasteiger partial charge in [-0.1, -0.05) is 0 Å². The normalized spacial score (nSPS) is 25.1. The smallest absolute Gasteiger partial charge is 0.271 e. The Morgan fingerprint density at radius 2 is 1.94 bits per heavy atom. The van der Waals surface area contributed by atoms with E-state index >= 15 is 0 Å². The third-order valence-corrected chi connectivity index (χ3v) is 7.49. The van der Waals surface area contributed by atoms with Gasteiger partial charge in [0.05, 0.1) is 31.2 Å². The molecule has 0 unspecified atom stereocenters. The fourth-order valence-corrected chi connectivity index (χ4v) is 5.20. The van der Waals surface area contributed by atoms with Gasteiger partial charge >= 0.3 is 0 Å². The predicted octanol–water partition coefficient (Wildman–Crippen LogP) is 2.69. The number of aromatic nitrogens is 3. The topological polar surface area (TPSA) is 109 Å². The van der Waals surface area contributed by atoms with E-state index in [1.54, 1.807) is 4.90 Å². The Balaban J connectivity index is 1.13. The number of halogens is 1. The van der Waals surface area contributed by atoms with Gasteiger partial charge in [0.1, 0.15) is 5.69 Å². The Bertz CT molecular complexity index is 1050. The van der Waals surface area contributed by atoms with Crippen molar-refractivity contribution in [3.05, 3.63) is 29.8 Å². The largest absolute Gasteiger partial charge is 0.481 e. The van der Waals surface area contributed by atoms with Crippen LogP contribution in [0, 0.1) is 11.7 Å². The number of ether oxygens (including phenoxy) is 2. The number of nitrogens with one attached hydrogen (secondary N) is 2. The minimum absolute atomic E-state index is 0.0874. The molecule has 0 aromatic carbocycles. The average molecular weight is 472 g/mol. The molecule has 0 bridgehead atoms. The molecule has 10 heteroatoms. The summed E-state index contributed by atoms with van der Waals surface area (Å²) in [6, 6.07) is 3.19. The highest BCUT2D eigenvalue weighted by molar-refractivity contribution is 5.93. The number of carbonyl (C=O) groups is 2. The van der Waals surface area contributed by atoms with Gasteiger partial charge in [-0.05, 0) is 51.0 Å². The van der Waals surface area contributed by atoms with Crippen molar-refractivity contribution in [2.75, 3.05) is 26.8 Å². The first kappa shape index (κ1) is 22.8. The van der Waals surface area contributed by atoms with Crippen LogP contribution in [0.5, 0.6) is 5.88 Å². The third kappa shape index (κ3) is 4.51. The maximum atomic E-state index is 14.2. The van der Waals surface area contributed by atoms with E-state index in [-0.39, 0.29) is 46.5 Å². The quantitative estimate of drug-likeness (QED) is 0.694. The standard InChI is InChI=1S/C24H30FN5O4/c1-33-21-12-17(18(25)14-26-21)19-13-20(29-28-19)23(32)30-9-4-15(5-10-30)22(31)27-16-2-6-24(7-3-16)8-11-34-24/h12-16H,2-11H2,1H3,(H,27,31)(H,28,29). The SMILES string of the molecule is COc1cc(-c2cc(C(=O)N3CCC(C(=O)NC4CCC5(CCO5)CC4)CC3)[nH]n2)c(F)cn1. The molecule has 2 aromatic heterocycles. The zero-order valence-electron chi connectivity index (χ0n) is 19.3. The molecular formula is C24H30FN5O4. The first-order chi connectivity index (χ1) is 16.5. The van der Waals surface area contributed by atoms with E-state index in [0.29, 0.717) is 31.6 Å².